The smallest absolute Gasteiger partial charge is 0.337 e. The van der Waals surface area contributed by atoms with Crippen LogP contribution >= 0.6 is 0 Å². The van der Waals surface area contributed by atoms with E-state index in [-0.39, 0.29) is 5.75 Å². The maximum atomic E-state index is 13.4. The van der Waals surface area contributed by atoms with E-state index in [0.717, 1.165) is 6.07 Å². The van der Waals surface area contributed by atoms with E-state index in [1.54, 1.807) is 0 Å². The van der Waals surface area contributed by atoms with E-state index in [4.69, 9.17) is 4.74 Å². The van der Waals surface area contributed by atoms with Crippen molar-refractivity contribution in [2.24, 2.45) is 0 Å². The second-order valence-electron chi connectivity index (χ2n) is 4.58. The zero-order valence-corrected chi connectivity index (χ0v) is 12.4. The molecule has 0 aliphatic carbocycles. The number of benzene rings is 2. The fourth-order valence-corrected chi connectivity index (χ4v) is 1.76. The summed E-state index contributed by atoms with van der Waals surface area (Å²) in [7, 11) is 1.24. The van der Waals surface area contributed by atoms with Gasteiger partial charge in [0.25, 0.3) is 5.91 Å². The Bertz CT molecular complexity index is 763. The highest BCUT2D eigenvalue weighted by atomic mass is 19.2. The predicted octanol–water partition coefficient (Wildman–Crippen LogP) is 2.91. The van der Waals surface area contributed by atoms with Crippen LogP contribution in [-0.4, -0.2) is 25.6 Å². The number of halogens is 3. The van der Waals surface area contributed by atoms with Gasteiger partial charge in [-0.25, -0.2) is 18.0 Å². The van der Waals surface area contributed by atoms with Gasteiger partial charge in [0.1, 0.15) is 5.75 Å². The van der Waals surface area contributed by atoms with E-state index in [1.165, 1.54) is 31.4 Å². The largest absolute Gasteiger partial charge is 0.484 e. The van der Waals surface area contributed by atoms with Crippen LogP contribution in [0.1, 0.15) is 10.4 Å². The molecule has 0 aliphatic heterocycles. The zero-order chi connectivity index (χ0) is 17.7. The number of esters is 1. The van der Waals surface area contributed by atoms with Crippen molar-refractivity contribution >= 4 is 17.6 Å². The maximum absolute atomic E-state index is 13.4. The number of amides is 1. The van der Waals surface area contributed by atoms with Crippen molar-refractivity contribution in [3.63, 3.8) is 0 Å². The van der Waals surface area contributed by atoms with Crippen molar-refractivity contribution < 1.29 is 32.2 Å². The second kappa shape index (κ2) is 7.49. The number of rotatable bonds is 5. The average molecular weight is 339 g/mol. The highest BCUT2D eigenvalue weighted by Crippen LogP contribution is 2.19. The van der Waals surface area contributed by atoms with Gasteiger partial charge >= 0.3 is 5.97 Å². The highest BCUT2D eigenvalue weighted by Gasteiger charge is 2.15. The summed E-state index contributed by atoms with van der Waals surface area (Å²) in [6, 6.07) is 7.36. The molecule has 0 spiro atoms. The maximum Gasteiger partial charge on any atom is 0.337 e. The summed E-state index contributed by atoms with van der Waals surface area (Å²) in [5.41, 5.74) is -0.193. The van der Waals surface area contributed by atoms with Crippen LogP contribution in [0.2, 0.25) is 0 Å². The summed E-state index contributed by atoms with van der Waals surface area (Å²) < 4.78 is 49.0. The summed E-state index contributed by atoms with van der Waals surface area (Å²) in [5, 5.41) is 2.07. The Hall–Kier alpha value is -3.03. The summed E-state index contributed by atoms with van der Waals surface area (Å²) in [5.74, 6) is -5.53. The molecule has 0 radical (unpaired) electrons. The first kappa shape index (κ1) is 17.3. The van der Waals surface area contributed by atoms with Gasteiger partial charge in [0.05, 0.1) is 18.4 Å². The van der Waals surface area contributed by atoms with Crippen LogP contribution in [-0.2, 0) is 9.53 Å². The molecule has 0 aliphatic rings. The lowest BCUT2D eigenvalue weighted by molar-refractivity contribution is -0.118. The summed E-state index contributed by atoms with van der Waals surface area (Å²) in [4.78, 5) is 22.9. The van der Waals surface area contributed by atoms with Crippen LogP contribution in [0.4, 0.5) is 18.9 Å². The Labute approximate surface area is 135 Å². The molecule has 1 amide bonds. The van der Waals surface area contributed by atoms with Crippen LogP contribution in [0.5, 0.6) is 5.75 Å². The van der Waals surface area contributed by atoms with Gasteiger partial charge in [0.2, 0.25) is 0 Å². The van der Waals surface area contributed by atoms with E-state index in [1.807, 2.05) is 0 Å². The minimum absolute atomic E-state index is 0.281. The number of hydrogen-bond acceptors (Lipinski definition) is 4. The number of anilines is 1. The van der Waals surface area contributed by atoms with Crippen molar-refractivity contribution in [2.75, 3.05) is 19.0 Å². The van der Waals surface area contributed by atoms with Crippen LogP contribution in [0, 0.1) is 17.5 Å². The van der Waals surface area contributed by atoms with Gasteiger partial charge in [-0.2, -0.15) is 0 Å². The topological polar surface area (TPSA) is 64.6 Å². The number of ether oxygens (including phenoxy) is 2. The Kier molecular flexibility index (Phi) is 5.41. The van der Waals surface area contributed by atoms with Crippen LogP contribution in [0.15, 0.2) is 36.4 Å². The summed E-state index contributed by atoms with van der Waals surface area (Å²) in [6.45, 7) is -0.490. The standard InChI is InChI=1S/C16H12F3NO4/c1-23-16(22)9-2-4-10(5-3-9)24-8-13(21)20-12-7-6-11(17)14(18)15(12)19/h2-7H,8H2,1H3,(H,20,21). The molecule has 0 aromatic heterocycles. The van der Waals surface area contributed by atoms with Crippen LogP contribution in [0.3, 0.4) is 0 Å². The predicted molar refractivity (Wildman–Crippen MR) is 78.2 cm³/mol. The molecule has 24 heavy (non-hydrogen) atoms. The fourth-order valence-electron chi connectivity index (χ4n) is 1.76. The van der Waals surface area contributed by atoms with Crippen molar-refractivity contribution in [1.82, 2.24) is 0 Å². The number of nitrogens with one attached hydrogen (secondary N) is 1. The number of methoxy groups -OCH3 is 1. The Morgan fingerprint density at radius 1 is 1.00 bits per heavy atom. The molecule has 0 unspecified atom stereocenters. The van der Waals surface area contributed by atoms with Gasteiger partial charge in [-0.05, 0) is 36.4 Å². The van der Waals surface area contributed by atoms with Crippen molar-refractivity contribution in [2.45, 2.75) is 0 Å². The molecule has 0 atom stereocenters. The number of hydrogen-bond donors (Lipinski definition) is 1. The molecule has 5 nitrogen and oxygen atoms in total. The molecule has 2 aromatic carbocycles. The minimum Gasteiger partial charge on any atom is -0.484 e. The third kappa shape index (κ3) is 4.03. The number of carbonyl (C=O) groups excluding carboxylic acids is 2. The Morgan fingerprint density at radius 2 is 1.67 bits per heavy atom. The molecule has 126 valence electrons. The highest BCUT2D eigenvalue weighted by molar-refractivity contribution is 5.92. The third-order valence-corrected chi connectivity index (χ3v) is 2.95. The normalized spacial score (nSPS) is 10.2. The number of carbonyl (C=O) groups is 2. The van der Waals surface area contributed by atoms with Crippen molar-refractivity contribution in [3.05, 3.63) is 59.4 Å². The van der Waals surface area contributed by atoms with Gasteiger partial charge in [-0.3, -0.25) is 4.79 Å². The van der Waals surface area contributed by atoms with Crippen LogP contribution < -0.4 is 10.1 Å². The second-order valence-corrected chi connectivity index (χ2v) is 4.58. The molecule has 2 aromatic rings. The van der Waals surface area contributed by atoms with E-state index in [0.29, 0.717) is 11.6 Å². The lowest BCUT2D eigenvalue weighted by Gasteiger charge is -2.09. The third-order valence-electron chi connectivity index (χ3n) is 2.95. The molecule has 8 heteroatoms. The van der Waals surface area contributed by atoms with Crippen LogP contribution in [0.25, 0.3) is 0 Å². The van der Waals surface area contributed by atoms with Gasteiger partial charge in [-0.15, -0.1) is 0 Å². The SMILES string of the molecule is COC(=O)c1ccc(OCC(=O)Nc2ccc(F)c(F)c2F)cc1. The summed E-state index contributed by atoms with van der Waals surface area (Å²) >= 11 is 0. The molecule has 0 saturated carbocycles. The summed E-state index contributed by atoms with van der Waals surface area (Å²) in [6.07, 6.45) is 0. The first-order valence-corrected chi connectivity index (χ1v) is 6.67. The lowest BCUT2D eigenvalue weighted by atomic mass is 10.2. The molecule has 0 fully saturated rings. The van der Waals surface area contributed by atoms with E-state index in [2.05, 4.69) is 10.1 Å². The van der Waals surface area contributed by atoms with Crippen molar-refractivity contribution in [1.29, 1.82) is 0 Å². The minimum atomic E-state index is -1.67. The van der Waals surface area contributed by atoms with Gasteiger partial charge in [0, 0.05) is 0 Å². The zero-order valence-electron chi connectivity index (χ0n) is 12.4. The van der Waals surface area contributed by atoms with Gasteiger partial charge in [-0.1, -0.05) is 0 Å². The molecule has 2 rings (SSSR count). The molecule has 1 N–H and O–H groups in total. The van der Waals surface area contributed by atoms with E-state index < -0.39 is 41.6 Å². The molecule has 0 bridgehead atoms. The Morgan fingerprint density at radius 3 is 2.29 bits per heavy atom. The molecule has 0 heterocycles. The fraction of sp³-hybridized carbons (Fsp3) is 0.125. The van der Waals surface area contributed by atoms with Crippen molar-refractivity contribution in [3.8, 4) is 5.75 Å². The molecular formula is C16H12F3NO4. The lowest BCUT2D eigenvalue weighted by Crippen LogP contribution is -2.21. The van der Waals surface area contributed by atoms with E-state index >= 15 is 0 Å². The average Bonchev–Trinajstić information content (AvgIpc) is 2.60. The van der Waals surface area contributed by atoms with Gasteiger partial charge < -0.3 is 14.8 Å². The quantitative estimate of drug-likeness (QED) is 0.672. The van der Waals surface area contributed by atoms with E-state index in [9.17, 15) is 22.8 Å². The molecular weight excluding hydrogens is 327 g/mol. The first-order chi connectivity index (χ1) is 11.4. The van der Waals surface area contributed by atoms with Gasteiger partial charge in [0.15, 0.2) is 24.1 Å². The first-order valence-electron chi connectivity index (χ1n) is 6.67. The molecule has 0 saturated heterocycles. The monoisotopic (exact) mass is 339 g/mol. The Balaban J connectivity index is 1.94.